The van der Waals surface area contributed by atoms with Gasteiger partial charge in [0.05, 0.1) is 5.56 Å². The number of hydrogen-bond donors (Lipinski definition) is 2. The maximum Gasteiger partial charge on any atom is 0.356 e. The van der Waals surface area contributed by atoms with Crippen LogP contribution in [-0.4, -0.2) is 86.5 Å². The standard InChI is InChI=1S/C39H34N6O11S2/c1-21(46)54-27-17-16-25(19-28(27)55-22(2)47)37(50)53-18-10-15-26-20-57-36-30(41-34(48)29(43-52-3)33-42-39(40)58-44-33)35(49)45(36)31(26)38(51)56-32(23-11-6-4-7-12-23)24-13-8-5-9-14-24/h4-17,19,30,32,36H,18,20H2,1-3H3,(H,41,48)(H2,40,42,44)/b15-10+,43-29-/t30?,36-/m1/s1. The van der Waals surface area contributed by atoms with E-state index in [0.29, 0.717) is 16.7 Å². The van der Waals surface area contributed by atoms with E-state index in [1.165, 1.54) is 55.0 Å². The van der Waals surface area contributed by atoms with Crippen molar-refractivity contribution >= 4 is 69.8 Å². The molecular formula is C39H34N6O11S2. The molecule has 298 valence electrons. The van der Waals surface area contributed by atoms with Crippen LogP contribution < -0.4 is 20.5 Å². The Morgan fingerprint density at radius 1 is 0.948 bits per heavy atom. The topological polar surface area (TPSA) is 228 Å². The Morgan fingerprint density at radius 3 is 2.21 bits per heavy atom. The molecule has 2 aliphatic heterocycles. The molecule has 1 saturated heterocycles. The summed E-state index contributed by atoms with van der Waals surface area (Å²) in [5, 5.41) is 5.75. The van der Waals surface area contributed by atoms with Crippen LogP contribution in [0.3, 0.4) is 0 Å². The van der Waals surface area contributed by atoms with Crippen LogP contribution in [0.5, 0.6) is 11.5 Å². The number of anilines is 1. The summed E-state index contributed by atoms with van der Waals surface area (Å²) in [7, 11) is 1.23. The number of esters is 4. The number of β-lactam (4-membered cyclic amide) rings is 1. The number of benzene rings is 3. The summed E-state index contributed by atoms with van der Waals surface area (Å²) in [6.45, 7) is 2.05. The lowest BCUT2D eigenvalue weighted by Gasteiger charge is -2.49. The molecule has 17 nitrogen and oxygen atoms in total. The van der Waals surface area contributed by atoms with Crippen LogP contribution in [0.15, 0.2) is 107 Å². The third-order valence-electron chi connectivity index (χ3n) is 8.27. The fraction of sp³-hybridized carbons (Fsp3) is 0.205. The number of nitrogen functional groups attached to an aromatic ring is 1. The van der Waals surface area contributed by atoms with E-state index in [1.807, 2.05) is 60.7 Å². The fourth-order valence-electron chi connectivity index (χ4n) is 5.83. The smallest absolute Gasteiger partial charge is 0.356 e. The van der Waals surface area contributed by atoms with Gasteiger partial charge >= 0.3 is 23.9 Å². The molecule has 2 amide bonds. The van der Waals surface area contributed by atoms with Crippen molar-refractivity contribution in [3.05, 3.63) is 125 Å². The number of carbonyl (C=O) groups is 6. The van der Waals surface area contributed by atoms with Crippen molar-refractivity contribution < 1.29 is 52.6 Å². The molecule has 4 aromatic rings. The van der Waals surface area contributed by atoms with Gasteiger partial charge in [-0.05, 0) is 41.0 Å². The van der Waals surface area contributed by atoms with Gasteiger partial charge in [0.25, 0.3) is 11.8 Å². The number of aromatic nitrogens is 2. The van der Waals surface area contributed by atoms with Gasteiger partial charge in [0.15, 0.2) is 22.7 Å². The molecule has 0 aliphatic carbocycles. The summed E-state index contributed by atoms with van der Waals surface area (Å²) in [5.74, 6) is -4.48. The van der Waals surface area contributed by atoms with Gasteiger partial charge in [-0.25, -0.2) is 9.59 Å². The molecule has 1 aromatic heterocycles. The van der Waals surface area contributed by atoms with Crippen molar-refractivity contribution in [1.82, 2.24) is 19.6 Å². The highest BCUT2D eigenvalue weighted by molar-refractivity contribution is 8.00. The summed E-state index contributed by atoms with van der Waals surface area (Å²) in [6, 6.07) is 20.9. The van der Waals surface area contributed by atoms with Crippen LogP contribution in [-0.2, 0) is 38.3 Å². The number of allylic oxidation sites excluding steroid dienone is 1. The molecule has 2 aliphatic rings. The Kier molecular flexibility index (Phi) is 12.9. The molecule has 2 atom stereocenters. The Hall–Kier alpha value is -6.86. The van der Waals surface area contributed by atoms with Gasteiger partial charge in [-0.1, -0.05) is 71.9 Å². The van der Waals surface area contributed by atoms with E-state index in [4.69, 9.17) is 29.5 Å². The summed E-state index contributed by atoms with van der Waals surface area (Å²) >= 11 is 2.12. The molecule has 19 heteroatoms. The van der Waals surface area contributed by atoms with Crippen molar-refractivity contribution in [2.24, 2.45) is 5.16 Å². The second-order valence-electron chi connectivity index (χ2n) is 12.3. The largest absolute Gasteiger partial charge is 0.458 e. The van der Waals surface area contributed by atoms with Gasteiger partial charge in [0.1, 0.15) is 30.8 Å². The molecule has 1 unspecified atom stereocenters. The number of hydrogen-bond acceptors (Lipinski definition) is 17. The Balaban J connectivity index is 1.25. The maximum absolute atomic E-state index is 14.3. The molecule has 0 radical (unpaired) electrons. The molecule has 58 heavy (non-hydrogen) atoms. The number of nitrogens with one attached hydrogen (secondary N) is 1. The van der Waals surface area contributed by atoms with E-state index in [2.05, 4.69) is 19.8 Å². The molecule has 1 fully saturated rings. The van der Waals surface area contributed by atoms with Gasteiger partial charge in [0, 0.05) is 31.1 Å². The van der Waals surface area contributed by atoms with Gasteiger partial charge in [-0.15, -0.1) is 11.8 Å². The van der Waals surface area contributed by atoms with Crippen molar-refractivity contribution in [1.29, 1.82) is 0 Å². The highest BCUT2D eigenvalue weighted by atomic mass is 32.2. The van der Waals surface area contributed by atoms with E-state index in [0.717, 1.165) is 18.5 Å². The summed E-state index contributed by atoms with van der Waals surface area (Å²) < 4.78 is 25.8. The first kappa shape index (κ1) is 40.8. The quantitative estimate of drug-likeness (QED) is 0.0607. The van der Waals surface area contributed by atoms with Crippen LogP contribution >= 0.6 is 23.3 Å². The fourth-order valence-corrected chi connectivity index (χ4v) is 7.58. The first-order valence-electron chi connectivity index (χ1n) is 17.3. The molecule has 0 bridgehead atoms. The van der Waals surface area contributed by atoms with Crippen LogP contribution in [0.1, 0.15) is 47.3 Å². The lowest BCUT2D eigenvalue weighted by atomic mass is 10.0. The number of nitrogens with two attached hydrogens (primary N) is 1. The third-order valence-corrected chi connectivity index (χ3v) is 10.1. The molecule has 0 saturated carbocycles. The average molecular weight is 827 g/mol. The Labute approximate surface area is 339 Å². The Bertz CT molecular complexity index is 2290. The average Bonchev–Trinajstić information content (AvgIpc) is 3.65. The predicted octanol–water partition coefficient (Wildman–Crippen LogP) is 3.72. The molecule has 3 N–H and O–H groups in total. The normalized spacial score (nSPS) is 16.3. The number of carbonyl (C=O) groups excluding carboxylic acids is 6. The molecule has 6 rings (SSSR count). The van der Waals surface area contributed by atoms with Gasteiger partial charge in [-0.3, -0.25) is 24.1 Å². The van der Waals surface area contributed by atoms with Crippen molar-refractivity contribution in [3.8, 4) is 11.5 Å². The zero-order valence-electron chi connectivity index (χ0n) is 31.0. The van der Waals surface area contributed by atoms with E-state index in [9.17, 15) is 28.8 Å². The van der Waals surface area contributed by atoms with Crippen molar-refractivity contribution in [3.63, 3.8) is 0 Å². The highest BCUT2D eigenvalue weighted by Gasteiger charge is 2.55. The molecule has 3 aromatic carbocycles. The highest BCUT2D eigenvalue weighted by Crippen LogP contribution is 2.42. The number of ether oxygens (including phenoxy) is 4. The minimum Gasteiger partial charge on any atom is -0.458 e. The predicted molar refractivity (Wildman–Crippen MR) is 209 cm³/mol. The molecule has 3 heterocycles. The van der Waals surface area contributed by atoms with E-state index < -0.39 is 53.2 Å². The lowest BCUT2D eigenvalue weighted by molar-refractivity contribution is -0.154. The second-order valence-corrected chi connectivity index (χ2v) is 14.2. The minimum atomic E-state index is -1.08. The first-order valence-corrected chi connectivity index (χ1v) is 19.1. The van der Waals surface area contributed by atoms with E-state index in [1.54, 1.807) is 6.08 Å². The minimum absolute atomic E-state index is 0.0000380. The third kappa shape index (κ3) is 9.39. The van der Waals surface area contributed by atoms with Crippen LogP contribution in [0, 0.1) is 0 Å². The Morgan fingerprint density at radius 2 is 1.60 bits per heavy atom. The van der Waals surface area contributed by atoms with Crippen molar-refractivity contribution in [2.75, 3.05) is 25.2 Å². The number of rotatable bonds is 14. The number of nitrogens with zero attached hydrogens (tertiary/aromatic N) is 4. The summed E-state index contributed by atoms with van der Waals surface area (Å²) in [6.07, 6.45) is 2.18. The number of oxime groups is 1. The van der Waals surface area contributed by atoms with Crippen molar-refractivity contribution in [2.45, 2.75) is 31.4 Å². The zero-order valence-corrected chi connectivity index (χ0v) is 32.6. The first-order chi connectivity index (χ1) is 27.9. The van der Waals surface area contributed by atoms with Gasteiger partial charge < -0.3 is 34.8 Å². The molecular weight excluding hydrogens is 793 g/mol. The van der Waals surface area contributed by atoms with Crippen LogP contribution in [0.25, 0.3) is 0 Å². The second kappa shape index (κ2) is 18.4. The van der Waals surface area contributed by atoms with Gasteiger partial charge in [0.2, 0.25) is 11.5 Å². The SMILES string of the molecule is CO/N=C(\C(=O)NC1C(=O)N2C(C(=O)OC(c3ccccc3)c3ccccc3)=C(/C=C/COC(=O)c3ccc(OC(C)=O)c(OC(C)=O)c3)CS[C@H]12)c1nsc(N)n1. The zero-order chi connectivity index (χ0) is 41.3. The van der Waals surface area contributed by atoms with E-state index in [-0.39, 0.29) is 51.8 Å². The lowest BCUT2D eigenvalue weighted by Crippen LogP contribution is -2.71. The van der Waals surface area contributed by atoms with Crippen LogP contribution in [0.2, 0.25) is 0 Å². The van der Waals surface area contributed by atoms with E-state index >= 15 is 0 Å². The molecule has 0 spiro atoms. The monoisotopic (exact) mass is 826 g/mol. The number of fused-ring (bicyclic) bond motifs is 1. The number of amides is 2. The number of thioether (sulfide) groups is 1. The summed E-state index contributed by atoms with van der Waals surface area (Å²) in [5.41, 5.74) is 7.09. The van der Waals surface area contributed by atoms with Gasteiger partial charge in [-0.2, -0.15) is 9.36 Å². The summed E-state index contributed by atoms with van der Waals surface area (Å²) in [4.78, 5) is 87.7. The van der Waals surface area contributed by atoms with Crippen LogP contribution in [0.4, 0.5) is 5.13 Å². The maximum atomic E-state index is 14.3.